The first-order chi connectivity index (χ1) is 9.56. The van der Waals surface area contributed by atoms with E-state index in [0.29, 0.717) is 0 Å². The van der Waals surface area contributed by atoms with Crippen LogP contribution in [0.25, 0.3) is 6.08 Å². The van der Waals surface area contributed by atoms with Gasteiger partial charge in [0.1, 0.15) is 12.1 Å². The van der Waals surface area contributed by atoms with Crippen molar-refractivity contribution in [3.63, 3.8) is 0 Å². The van der Waals surface area contributed by atoms with E-state index < -0.39 is 17.7 Å². The zero-order valence-electron chi connectivity index (χ0n) is 10.0. The third kappa shape index (κ3) is 3.29. The summed E-state index contributed by atoms with van der Waals surface area (Å²) in [6, 6.07) is 5.14. The van der Waals surface area contributed by atoms with E-state index in [0.717, 1.165) is 18.2 Å². The van der Waals surface area contributed by atoms with Gasteiger partial charge in [0.05, 0.1) is 0 Å². The van der Waals surface area contributed by atoms with Crippen molar-refractivity contribution in [2.24, 2.45) is 0 Å². The maximum Gasteiger partial charge on any atom is 0.328 e. The molecule has 7 heteroatoms. The number of nitrogens with one attached hydrogen (secondary N) is 1. The number of rotatable bonds is 4. The topological polar surface area (TPSA) is 92.4 Å². The summed E-state index contributed by atoms with van der Waals surface area (Å²) in [5.41, 5.74) is 0.156. The van der Waals surface area contributed by atoms with Gasteiger partial charge in [-0.15, -0.1) is 0 Å². The van der Waals surface area contributed by atoms with Crippen molar-refractivity contribution in [2.75, 3.05) is 5.32 Å². The van der Waals surface area contributed by atoms with Crippen LogP contribution in [-0.2, 0) is 4.79 Å². The van der Waals surface area contributed by atoms with Crippen molar-refractivity contribution in [1.82, 2.24) is 5.16 Å². The molecule has 6 nitrogen and oxygen atoms in total. The molecule has 0 fully saturated rings. The molecule has 0 saturated heterocycles. The fourth-order valence-electron chi connectivity index (χ4n) is 1.43. The first-order valence-corrected chi connectivity index (χ1v) is 5.48. The Hall–Kier alpha value is -2.96. The molecule has 0 aliphatic rings. The Bertz CT molecular complexity index is 665. The molecular weight excluding hydrogens is 267 g/mol. The van der Waals surface area contributed by atoms with Crippen molar-refractivity contribution in [1.29, 1.82) is 0 Å². The van der Waals surface area contributed by atoms with Gasteiger partial charge in [0.15, 0.2) is 5.82 Å². The zero-order valence-corrected chi connectivity index (χ0v) is 10.0. The molecule has 0 saturated carbocycles. The van der Waals surface area contributed by atoms with Gasteiger partial charge in [-0.3, -0.25) is 4.79 Å². The number of amides is 1. The Morgan fingerprint density at radius 2 is 2.15 bits per heavy atom. The summed E-state index contributed by atoms with van der Waals surface area (Å²) >= 11 is 0. The lowest BCUT2D eigenvalue weighted by atomic mass is 10.1. The summed E-state index contributed by atoms with van der Waals surface area (Å²) in [7, 11) is 0. The van der Waals surface area contributed by atoms with E-state index in [1.165, 1.54) is 24.5 Å². The van der Waals surface area contributed by atoms with Crippen LogP contribution in [-0.4, -0.2) is 22.1 Å². The van der Waals surface area contributed by atoms with Crippen LogP contribution in [0.1, 0.15) is 15.9 Å². The van der Waals surface area contributed by atoms with E-state index in [1.54, 1.807) is 0 Å². The van der Waals surface area contributed by atoms with E-state index in [1.807, 2.05) is 0 Å². The van der Waals surface area contributed by atoms with Gasteiger partial charge in [0, 0.05) is 23.3 Å². The van der Waals surface area contributed by atoms with Gasteiger partial charge in [-0.05, 0) is 18.2 Å². The van der Waals surface area contributed by atoms with Crippen LogP contribution in [0.3, 0.4) is 0 Å². The Labute approximate surface area is 112 Å². The van der Waals surface area contributed by atoms with Gasteiger partial charge in [-0.1, -0.05) is 11.2 Å². The number of halogens is 1. The van der Waals surface area contributed by atoms with Crippen LogP contribution in [0.15, 0.2) is 41.1 Å². The number of anilines is 1. The molecule has 20 heavy (non-hydrogen) atoms. The molecule has 1 amide bonds. The van der Waals surface area contributed by atoms with Crippen LogP contribution < -0.4 is 5.32 Å². The summed E-state index contributed by atoms with van der Waals surface area (Å²) < 4.78 is 18.2. The molecule has 1 heterocycles. The molecule has 2 N–H and O–H groups in total. The van der Waals surface area contributed by atoms with Crippen LogP contribution >= 0.6 is 0 Å². The molecule has 0 radical (unpaired) electrons. The van der Waals surface area contributed by atoms with E-state index in [-0.39, 0.29) is 16.9 Å². The van der Waals surface area contributed by atoms with Crippen molar-refractivity contribution < 1.29 is 23.6 Å². The average molecular weight is 276 g/mol. The van der Waals surface area contributed by atoms with Gasteiger partial charge in [0.2, 0.25) is 0 Å². The van der Waals surface area contributed by atoms with Gasteiger partial charge in [0.25, 0.3) is 5.91 Å². The van der Waals surface area contributed by atoms with Crippen LogP contribution in [0.5, 0.6) is 0 Å². The van der Waals surface area contributed by atoms with E-state index in [2.05, 4.69) is 15.0 Å². The Balaban J connectivity index is 2.16. The van der Waals surface area contributed by atoms with E-state index in [4.69, 9.17) is 5.11 Å². The van der Waals surface area contributed by atoms with Gasteiger partial charge < -0.3 is 14.9 Å². The van der Waals surface area contributed by atoms with Crippen molar-refractivity contribution in [2.45, 2.75) is 0 Å². The summed E-state index contributed by atoms with van der Waals surface area (Å²) in [5, 5.41) is 14.4. The standard InChI is InChI=1S/C13H9FN2O4/c14-10-7-9(2-1-8(10)3-4-12(17)18)13(19)15-11-5-6-20-16-11/h1-7H,(H,17,18)(H,15,16,19). The third-order valence-corrected chi connectivity index (χ3v) is 2.35. The Kier molecular flexibility index (Phi) is 3.90. The third-order valence-electron chi connectivity index (χ3n) is 2.35. The number of carboxylic acid groups (broad SMARTS) is 1. The average Bonchev–Trinajstić information content (AvgIpc) is 2.89. The predicted octanol–water partition coefficient (Wildman–Crippen LogP) is 2.16. The van der Waals surface area contributed by atoms with E-state index in [9.17, 15) is 14.0 Å². The highest BCUT2D eigenvalue weighted by Gasteiger charge is 2.10. The summed E-state index contributed by atoms with van der Waals surface area (Å²) in [4.78, 5) is 22.1. The first-order valence-electron chi connectivity index (χ1n) is 5.48. The minimum absolute atomic E-state index is 0.0744. The smallest absolute Gasteiger partial charge is 0.328 e. The molecule has 0 bridgehead atoms. The molecular formula is C13H9FN2O4. The number of benzene rings is 1. The Morgan fingerprint density at radius 3 is 2.75 bits per heavy atom. The van der Waals surface area contributed by atoms with Crippen LogP contribution in [0, 0.1) is 5.82 Å². The molecule has 0 aliphatic heterocycles. The van der Waals surface area contributed by atoms with Crippen molar-refractivity contribution in [3.05, 3.63) is 53.5 Å². The lowest BCUT2D eigenvalue weighted by Crippen LogP contribution is -2.12. The second kappa shape index (κ2) is 5.79. The molecule has 1 aromatic carbocycles. The number of carboxylic acids is 1. The molecule has 2 aromatic rings. The number of carbonyl (C=O) groups is 2. The van der Waals surface area contributed by atoms with Crippen molar-refractivity contribution >= 4 is 23.8 Å². The lowest BCUT2D eigenvalue weighted by Gasteiger charge is -2.03. The second-order valence-corrected chi connectivity index (χ2v) is 3.75. The summed E-state index contributed by atoms with van der Waals surface area (Å²) in [6.07, 6.45) is 3.21. The van der Waals surface area contributed by atoms with Gasteiger partial charge in [-0.2, -0.15) is 0 Å². The number of hydrogen-bond donors (Lipinski definition) is 2. The molecule has 1 aromatic heterocycles. The highest BCUT2D eigenvalue weighted by atomic mass is 19.1. The van der Waals surface area contributed by atoms with Crippen LogP contribution in [0.4, 0.5) is 10.2 Å². The fraction of sp³-hybridized carbons (Fsp3) is 0. The maximum absolute atomic E-state index is 13.7. The van der Waals surface area contributed by atoms with Crippen molar-refractivity contribution in [3.8, 4) is 0 Å². The molecule has 2 rings (SSSR count). The SMILES string of the molecule is O=C(O)C=Cc1ccc(C(=O)Nc2ccon2)cc1F. The first kappa shape index (κ1) is 13.5. The number of aromatic nitrogens is 1. The molecule has 0 aliphatic carbocycles. The monoisotopic (exact) mass is 276 g/mol. The largest absolute Gasteiger partial charge is 0.478 e. The predicted molar refractivity (Wildman–Crippen MR) is 67.5 cm³/mol. The normalized spacial score (nSPS) is 10.7. The minimum atomic E-state index is -1.18. The van der Waals surface area contributed by atoms with Crippen LogP contribution in [0.2, 0.25) is 0 Å². The highest BCUT2D eigenvalue weighted by Crippen LogP contribution is 2.13. The minimum Gasteiger partial charge on any atom is -0.478 e. The quantitative estimate of drug-likeness (QED) is 0.835. The summed E-state index contributed by atoms with van der Waals surface area (Å²) in [6.45, 7) is 0. The fourth-order valence-corrected chi connectivity index (χ4v) is 1.43. The molecule has 0 atom stereocenters. The van der Waals surface area contributed by atoms with Gasteiger partial charge >= 0.3 is 5.97 Å². The molecule has 0 spiro atoms. The number of carbonyl (C=O) groups excluding carboxylic acids is 1. The molecule has 0 unspecified atom stereocenters. The lowest BCUT2D eigenvalue weighted by molar-refractivity contribution is -0.131. The number of nitrogens with zero attached hydrogens (tertiary/aromatic N) is 1. The van der Waals surface area contributed by atoms with Gasteiger partial charge in [-0.25, -0.2) is 9.18 Å². The Morgan fingerprint density at radius 1 is 1.35 bits per heavy atom. The summed E-state index contributed by atoms with van der Waals surface area (Å²) in [5.74, 6) is -2.22. The molecule has 102 valence electrons. The van der Waals surface area contributed by atoms with E-state index >= 15 is 0 Å². The second-order valence-electron chi connectivity index (χ2n) is 3.75. The highest BCUT2D eigenvalue weighted by molar-refractivity contribution is 6.03. The maximum atomic E-state index is 13.7. The number of aliphatic carboxylic acids is 1. The zero-order chi connectivity index (χ0) is 14.5. The number of hydrogen-bond acceptors (Lipinski definition) is 4.